The number of amides is 2. The highest BCUT2D eigenvalue weighted by Gasteiger charge is 2.51. The fourth-order valence-electron chi connectivity index (χ4n) is 3.03. The van der Waals surface area contributed by atoms with Crippen LogP contribution in [0.4, 0.5) is 0 Å². The minimum Gasteiger partial charge on any atom is -0.485 e. The molecule has 1 unspecified atom stereocenters. The highest BCUT2D eigenvalue weighted by molar-refractivity contribution is 6.30. The number of rotatable bonds is 3. The van der Waals surface area contributed by atoms with Crippen LogP contribution in [0.15, 0.2) is 48.5 Å². The Labute approximate surface area is 155 Å². The van der Waals surface area contributed by atoms with Gasteiger partial charge >= 0.3 is 0 Å². The summed E-state index contributed by atoms with van der Waals surface area (Å²) in [5.41, 5.74) is 5.16. The van der Waals surface area contributed by atoms with Gasteiger partial charge in [-0.15, -0.1) is 0 Å². The lowest BCUT2D eigenvalue weighted by molar-refractivity contribution is -0.135. The van der Waals surface area contributed by atoms with Gasteiger partial charge in [0, 0.05) is 5.02 Å². The molecule has 1 saturated carbocycles. The number of fused-ring (bicyclic) bond motifs is 1. The van der Waals surface area contributed by atoms with Crippen LogP contribution >= 0.6 is 11.6 Å². The van der Waals surface area contributed by atoms with Crippen LogP contribution in [0.2, 0.25) is 5.02 Å². The van der Waals surface area contributed by atoms with E-state index in [0.29, 0.717) is 29.4 Å². The molecule has 1 fully saturated rings. The van der Waals surface area contributed by atoms with Gasteiger partial charge in [0.2, 0.25) is 12.0 Å². The Bertz CT molecular complexity index is 866. The molecule has 26 heavy (non-hydrogen) atoms. The number of hydrogen-bond acceptors (Lipinski definition) is 4. The van der Waals surface area contributed by atoms with Gasteiger partial charge in [-0.2, -0.15) is 0 Å². The van der Waals surface area contributed by atoms with E-state index in [2.05, 4.69) is 10.9 Å². The molecule has 2 N–H and O–H groups in total. The first-order chi connectivity index (χ1) is 12.6. The Kier molecular flexibility index (Phi) is 4.20. The normalized spacial score (nSPS) is 19.3. The number of hydrazine groups is 1. The highest BCUT2D eigenvalue weighted by Crippen LogP contribution is 2.48. The summed E-state index contributed by atoms with van der Waals surface area (Å²) in [4.78, 5) is 24.9. The Balaban J connectivity index is 1.37. The highest BCUT2D eigenvalue weighted by atomic mass is 35.5. The lowest BCUT2D eigenvalue weighted by atomic mass is 9.95. The Morgan fingerprint density at radius 2 is 1.81 bits per heavy atom. The minimum absolute atomic E-state index is 0.0815. The molecule has 2 aromatic carbocycles. The molecular weight excluding hydrogens is 356 g/mol. The van der Waals surface area contributed by atoms with Crippen LogP contribution in [0, 0.1) is 0 Å². The van der Waals surface area contributed by atoms with Crippen molar-refractivity contribution in [1.82, 2.24) is 10.9 Å². The van der Waals surface area contributed by atoms with Crippen LogP contribution in [0.3, 0.4) is 0 Å². The molecule has 0 saturated heterocycles. The molecule has 1 aliphatic carbocycles. The van der Waals surface area contributed by atoms with Gasteiger partial charge in [-0.3, -0.25) is 20.4 Å². The summed E-state index contributed by atoms with van der Waals surface area (Å²) < 4.78 is 11.1. The maximum absolute atomic E-state index is 12.6. The van der Waals surface area contributed by atoms with E-state index in [4.69, 9.17) is 21.1 Å². The zero-order chi connectivity index (χ0) is 18.1. The van der Waals surface area contributed by atoms with Crippen molar-refractivity contribution in [2.75, 3.05) is 6.61 Å². The first kappa shape index (κ1) is 16.7. The van der Waals surface area contributed by atoms with Gasteiger partial charge < -0.3 is 9.47 Å². The van der Waals surface area contributed by atoms with Gasteiger partial charge in [0.1, 0.15) is 6.61 Å². The molecule has 7 heteroatoms. The molecule has 0 bridgehead atoms. The van der Waals surface area contributed by atoms with Crippen molar-refractivity contribution in [2.24, 2.45) is 0 Å². The molecular formula is C19H17ClN2O4. The second kappa shape index (κ2) is 6.53. The topological polar surface area (TPSA) is 76.7 Å². The molecule has 4 rings (SSSR count). The molecule has 134 valence electrons. The summed E-state index contributed by atoms with van der Waals surface area (Å²) in [6.07, 6.45) is 0.600. The minimum atomic E-state index is -0.827. The number of ether oxygens (including phenoxy) is 2. The van der Waals surface area contributed by atoms with Crippen molar-refractivity contribution in [3.63, 3.8) is 0 Å². The van der Waals surface area contributed by atoms with Crippen molar-refractivity contribution in [2.45, 2.75) is 24.4 Å². The number of hydrogen-bond donors (Lipinski definition) is 2. The predicted octanol–water partition coefficient (Wildman–Crippen LogP) is 2.36. The summed E-state index contributed by atoms with van der Waals surface area (Å²) in [5, 5.41) is 0.581. The van der Waals surface area contributed by atoms with Crippen molar-refractivity contribution in [1.29, 1.82) is 0 Å². The van der Waals surface area contributed by atoms with Crippen molar-refractivity contribution >= 4 is 23.4 Å². The molecule has 2 aliphatic rings. The fourth-order valence-corrected chi connectivity index (χ4v) is 3.22. The summed E-state index contributed by atoms with van der Waals surface area (Å²) in [5.74, 6) is 0.376. The summed E-state index contributed by atoms with van der Waals surface area (Å²) in [6.45, 7) is 0.0815. The van der Waals surface area contributed by atoms with Crippen molar-refractivity contribution in [3.05, 3.63) is 59.1 Å². The van der Waals surface area contributed by atoms with Crippen LogP contribution in [0.5, 0.6) is 11.5 Å². The van der Waals surface area contributed by atoms with Crippen molar-refractivity contribution in [3.8, 4) is 11.5 Å². The quantitative estimate of drug-likeness (QED) is 0.811. The number of halogens is 1. The molecule has 2 amide bonds. The van der Waals surface area contributed by atoms with Gasteiger partial charge in [0.15, 0.2) is 11.5 Å². The number of benzene rings is 2. The van der Waals surface area contributed by atoms with Gasteiger partial charge in [-0.05, 0) is 42.7 Å². The second-order valence-electron chi connectivity index (χ2n) is 6.40. The Morgan fingerprint density at radius 1 is 1.04 bits per heavy atom. The number of nitrogens with one attached hydrogen (secondary N) is 2. The molecule has 1 atom stereocenters. The lowest BCUT2D eigenvalue weighted by Crippen LogP contribution is -2.53. The number of carbonyl (C=O) groups is 2. The van der Waals surface area contributed by atoms with Gasteiger partial charge in [0.25, 0.3) is 5.91 Å². The molecule has 6 nitrogen and oxygen atoms in total. The van der Waals surface area contributed by atoms with Crippen LogP contribution in [0.25, 0.3) is 0 Å². The van der Waals surface area contributed by atoms with Crippen molar-refractivity contribution < 1.29 is 19.1 Å². The van der Waals surface area contributed by atoms with E-state index in [0.717, 1.165) is 5.56 Å². The third kappa shape index (κ3) is 3.08. The average molecular weight is 373 g/mol. The van der Waals surface area contributed by atoms with E-state index < -0.39 is 17.4 Å². The predicted molar refractivity (Wildman–Crippen MR) is 95.0 cm³/mol. The van der Waals surface area contributed by atoms with E-state index >= 15 is 0 Å². The zero-order valence-electron chi connectivity index (χ0n) is 13.8. The zero-order valence-corrected chi connectivity index (χ0v) is 14.6. The Hall–Kier alpha value is -2.73. The van der Waals surface area contributed by atoms with E-state index in [-0.39, 0.29) is 12.5 Å². The van der Waals surface area contributed by atoms with Crippen LogP contribution < -0.4 is 20.3 Å². The fraction of sp³-hybridized carbons (Fsp3) is 0.263. The monoisotopic (exact) mass is 372 g/mol. The maximum atomic E-state index is 12.6. The van der Waals surface area contributed by atoms with Gasteiger partial charge in [-0.1, -0.05) is 35.9 Å². The van der Waals surface area contributed by atoms with Gasteiger partial charge in [-0.25, -0.2) is 0 Å². The van der Waals surface area contributed by atoms with Gasteiger partial charge in [0.05, 0.1) is 5.41 Å². The van der Waals surface area contributed by atoms with E-state index in [9.17, 15) is 9.59 Å². The van der Waals surface area contributed by atoms with E-state index in [1.807, 2.05) is 18.2 Å². The smallest absolute Gasteiger partial charge is 0.283 e. The van der Waals surface area contributed by atoms with E-state index in [1.54, 1.807) is 30.3 Å². The third-order valence-corrected chi connectivity index (χ3v) is 4.90. The molecule has 2 aromatic rings. The SMILES string of the molecule is O=C(NNC(=O)C1(c2cccc(Cl)c2)CC1)C1COc2ccccc2O1. The second-order valence-corrected chi connectivity index (χ2v) is 6.84. The lowest BCUT2D eigenvalue weighted by Gasteiger charge is -2.26. The number of carbonyl (C=O) groups excluding carboxylic acids is 2. The van der Waals surface area contributed by atoms with Crippen LogP contribution in [0.1, 0.15) is 18.4 Å². The van der Waals surface area contributed by atoms with Crippen LogP contribution in [-0.4, -0.2) is 24.5 Å². The molecule has 0 radical (unpaired) electrons. The van der Waals surface area contributed by atoms with Crippen LogP contribution in [-0.2, 0) is 15.0 Å². The summed E-state index contributed by atoms with van der Waals surface area (Å²) >= 11 is 6.02. The first-order valence-corrected chi connectivity index (χ1v) is 8.71. The largest absolute Gasteiger partial charge is 0.485 e. The standard InChI is InChI=1S/C19H17ClN2O4/c20-13-5-3-4-12(10-13)19(8-9-19)18(24)22-21-17(23)16-11-25-14-6-1-2-7-15(14)26-16/h1-7,10,16H,8-9,11H2,(H,21,23)(H,22,24). The molecule has 0 aromatic heterocycles. The van der Waals surface area contributed by atoms with E-state index in [1.165, 1.54) is 0 Å². The summed E-state index contributed by atoms with van der Waals surface area (Å²) in [7, 11) is 0. The number of para-hydroxylation sites is 2. The Morgan fingerprint density at radius 3 is 2.54 bits per heavy atom. The molecule has 0 spiro atoms. The average Bonchev–Trinajstić information content (AvgIpc) is 3.47. The first-order valence-electron chi connectivity index (χ1n) is 8.33. The maximum Gasteiger partial charge on any atom is 0.283 e. The molecule has 1 aliphatic heterocycles. The summed E-state index contributed by atoms with van der Waals surface area (Å²) in [6, 6.07) is 14.4. The molecule has 1 heterocycles. The third-order valence-electron chi connectivity index (χ3n) is 4.66.